The molecule has 2 aromatic rings. The van der Waals surface area contributed by atoms with E-state index >= 15 is 0 Å². The number of carbonyl (C=O) groups is 2. The molecule has 2 amide bonds. The van der Waals surface area contributed by atoms with Crippen LogP contribution in [-0.2, 0) is 11.2 Å². The Hall–Kier alpha value is -3.26. The zero-order chi connectivity index (χ0) is 20.5. The summed E-state index contributed by atoms with van der Waals surface area (Å²) >= 11 is 0. The molecule has 0 radical (unpaired) electrons. The molecule has 0 aromatic heterocycles. The zero-order valence-corrected chi connectivity index (χ0v) is 15.7. The second kappa shape index (κ2) is 10.2. The van der Waals surface area contributed by atoms with Crippen molar-refractivity contribution in [2.45, 2.75) is 18.6 Å². The topological polar surface area (TPSA) is 117 Å². The second-order valence-corrected chi connectivity index (χ2v) is 6.03. The Morgan fingerprint density at radius 3 is 2.00 bits per heavy atom. The molecule has 2 atom stereocenters. The first kappa shape index (κ1) is 21.0. The van der Waals surface area contributed by atoms with Crippen LogP contribution in [0.2, 0.25) is 0 Å². The molecule has 2 aromatic carbocycles. The Balaban J connectivity index is 1.89. The number of ether oxygens (including phenoxy) is 2. The lowest BCUT2D eigenvalue weighted by atomic mass is 10.0. The summed E-state index contributed by atoms with van der Waals surface area (Å²) in [7, 11) is 3.09. The number of nitrogens with one attached hydrogen (secondary N) is 2. The van der Waals surface area contributed by atoms with Gasteiger partial charge in [-0.1, -0.05) is 24.3 Å². The molecule has 0 saturated carbocycles. The Kier molecular flexibility index (Phi) is 7.65. The number of rotatable bonds is 9. The van der Waals surface area contributed by atoms with Gasteiger partial charge >= 0.3 is 12.0 Å². The number of urea groups is 1. The van der Waals surface area contributed by atoms with Crippen LogP contribution in [0.1, 0.15) is 17.2 Å². The van der Waals surface area contributed by atoms with E-state index in [2.05, 4.69) is 10.6 Å². The van der Waals surface area contributed by atoms with Crippen molar-refractivity contribution in [2.75, 3.05) is 20.8 Å². The Morgan fingerprint density at radius 1 is 0.964 bits per heavy atom. The average molecular weight is 388 g/mol. The molecule has 8 nitrogen and oxygen atoms in total. The van der Waals surface area contributed by atoms with E-state index in [0.29, 0.717) is 24.3 Å². The molecule has 4 N–H and O–H groups in total. The molecule has 2 rings (SSSR count). The molecule has 2 unspecified atom stereocenters. The summed E-state index contributed by atoms with van der Waals surface area (Å²) in [6.45, 7) is 0.309. The number of methoxy groups -OCH3 is 2. The normalized spacial score (nSPS) is 12.5. The molecule has 0 aliphatic heterocycles. The first-order valence-electron chi connectivity index (χ1n) is 8.66. The summed E-state index contributed by atoms with van der Waals surface area (Å²) in [6, 6.07) is 11.5. The lowest BCUT2D eigenvalue weighted by Crippen LogP contribution is -2.49. The van der Waals surface area contributed by atoms with Gasteiger partial charge in [0, 0.05) is 6.54 Å². The molecule has 28 heavy (non-hydrogen) atoms. The molecule has 0 heterocycles. The summed E-state index contributed by atoms with van der Waals surface area (Å²) in [5.41, 5.74) is 1.35. The third-order valence-corrected chi connectivity index (χ3v) is 4.18. The van der Waals surface area contributed by atoms with Gasteiger partial charge in [0.1, 0.15) is 17.6 Å². The Bertz CT molecular complexity index is 776. The third-order valence-electron chi connectivity index (χ3n) is 4.18. The fourth-order valence-electron chi connectivity index (χ4n) is 2.57. The summed E-state index contributed by atoms with van der Waals surface area (Å²) in [4.78, 5) is 23.5. The number of aliphatic hydroxyl groups excluding tert-OH is 1. The highest BCUT2D eigenvalue weighted by atomic mass is 16.5. The highest BCUT2D eigenvalue weighted by Crippen LogP contribution is 2.20. The van der Waals surface area contributed by atoms with E-state index in [1.165, 1.54) is 7.11 Å². The maximum atomic E-state index is 12.0. The number of hydrogen-bond acceptors (Lipinski definition) is 5. The first-order valence-corrected chi connectivity index (χ1v) is 8.66. The van der Waals surface area contributed by atoms with E-state index in [4.69, 9.17) is 9.47 Å². The predicted octanol–water partition coefficient (Wildman–Crippen LogP) is 1.73. The van der Waals surface area contributed by atoms with Crippen LogP contribution in [0.25, 0.3) is 0 Å². The number of amides is 2. The van der Waals surface area contributed by atoms with E-state index in [-0.39, 0.29) is 0 Å². The van der Waals surface area contributed by atoms with Crippen LogP contribution >= 0.6 is 0 Å². The molecule has 150 valence electrons. The quantitative estimate of drug-likeness (QED) is 0.520. The molecule has 0 bridgehead atoms. The van der Waals surface area contributed by atoms with Crippen LogP contribution in [0.5, 0.6) is 11.5 Å². The predicted molar refractivity (Wildman–Crippen MR) is 103 cm³/mol. The highest BCUT2D eigenvalue weighted by molar-refractivity contribution is 5.83. The zero-order valence-electron chi connectivity index (χ0n) is 15.7. The van der Waals surface area contributed by atoms with Crippen molar-refractivity contribution in [2.24, 2.45) is 0 Å². The number of benzene rings is 2. The van der Waals surface area contributed by atoms with Gasteiger partial charge in [0.2, 0.25) is 0 Å². The van der Waals surface area contributed by atoms with Crippen molar-refractivity contribution >= 4 is 12.0 Å². The number of aliphatic carboxylic acids is 1. The van der Waals surface area contributed by atoms with Crippen LogP contribution < -0.4 is 20.1 Å². The van der Waals surface area contributed by atoms with Gasteiger partial charge in [-0.3, -0.25) is 0 Å². The lowest BCUT2D eigenvalue weighted by molar-refractivity contribution is -0.142. The fraction of sp³-hybridized carbons (Fsp3) is 0.300. The van der Waals surface area contributed by atoms with Crippen LogP contribution in [-0.4, -0.2) is 49.0 Å². The lowest BCUT2D eigenvalue weighted by Gasteiger charge is -2.21. The maximum Gasteiger partial charge on any atom is 0.329 e. The minimum atomic E-state index is -1.49. The maximum absolute atomic E-state index is 12.0. The van der Waals surface area contributed by atoms with E-state index in [1.807, 2.05) is 24.3 Å². The average Bonchev–Trinajstić information content (AvgIpc) is 2.72. The standard InChI is InChI=1S/C20H24N2O6/c1-27-15-7-3-13(4-8-15)11-12-21-20(26)22-17(19(24)25)18(23)14-5-9-16(28-2)10-6-14/h3-10,17-18,23H,11-12H2,1-2H3,(H,24,25)(H2,21,22,26). The van der Waals surface area contributed by atoms with Crippen molar-refractivity contribution < 1.29 is 29.3 Å². The molecule has 0 aliphatic rings. The third kappa shape index (κ3) is 5.88. The first-order chi connectivity index (χ1) is 13.4. The van der Waals surface area contributed by atoms with Gasteiger partial charge in [-0.2, -0.15) is 0 Å². The Morgan fingerprint density at radius 2 is 1.50 bits per heavy atom. The fourth-order valence-corrected chi connectivity index (χ4v) is 2.57. The van der Waals surface area contributed by atoms with Gasteiger partial charge in [0.05, 0.1) is 14.2 Å². The van der Waals surface area contributed by atoms with Crippen LogP contribution in [0.3, 0.4) is 0 Å². The molecule has 0 fully saturated rings. The van der Waals surface area contributed by atoms with Gasteiger partial charge in [-0.05, 0) is 41.8 Å². The summed E-state index contributed by atoms with van der Waals surface area (Å²) < 4.78 is 10.1. The van der Waals surface area contributed by atoms with Gasteiger partial charge in [-0.25, -0.2) is 9.59 Å². The summed E-state index contributed by atoms with van der Waals surface area (Å²) in [6.07, 6.45) is -0.841. The van der Waals surface area contributed by atoms with Crippen molar-refractivity contribution in [3.8, 4) is 11.5 Å². The van der Waals surface area contributed by atoms with Crippen molar-refractivity contribution in [3.05, 3.63) is 59.7 Å². The number of carbonyl (C=O) groups excluding carboxylic acids is 1. The van der Waals surface area contributed by atoms with Crippen LogP contribution in [0, 0.1) is 0 Å². The van der Waals surface area contributed by atoms with Gasteiger partial charge in [0.25, 0.3) is 0 Å². The highest BCUT2D eigenvalue weighted by Gasteiger charge is 2.29. The number of carboxylic acid groups (broad SMARTS) is 1. The van der Waals surface area contributed by atoms with E-state index in [9.17, 15) is 19.8 Å². The smallest absolute Gasteiger partial charge is 0.329 e. The minimum absolute atomic E-state index is 0.309. The molecular formula is C20H24N2O6. The molecular weight excluding hydrogens is 364 g/mol. The monoisotopic (exact) mass is 388 g/mol. The molecule has 8 heteroatoms. The van der Waals surface area contributed by atoms with Crippen LogP contribution in [0.4, 0.5) is 4.79 Å². The SMILES string of the molecule is COc1ccc(CCNC(=O)NC(C(=O)O)C(O)c2ccc(OC)cc2)cc1. The van der Waals surface area contributed by atoms with Crippen molar-refractivity contribution in [1.82, 2.24) is 10.6 Å². The molecule has 0 saturated heterocycles. The van der Waals surface area contributed by atoms with E-state index in [1.54, 1.807) is 31.4 Å². The Labute approximate surface area is 163 Å². The largest absolute Gasteiger partial charge is 0.497 e. The summed E-state index contributed by atoms with van der Waals surface area (Å²) in [5, 5.41) is 24.6. The van der Waals surface area contributed by atoms with Crippen molar-refractivity contribution in [3.63, 3.8) is 0 Å². The van der Waals surface area contributed by atoms with E-state index in [0.717, 1.165) is 11.3 Å². The van der Waals surface area contributed by atoms with Gasteiger partial charge < -0.3 is 30.3 Å². The van der Waals surface area contributed by atoms with Gasteiger partial charge in [0.15, 0.2) is 6.04 Å². The minimum Gasteiger partial charge on any atom is -0.497 e. The van der Waals surface area contributed by atoms with Crippen LogP contribution in [0.15, 0.2) is 48.5 Å². The summed E-state index contributed by atoms with van der Waals surface area (Å²) in [5.74, 6) is -0.0213. The number of hydrogen-bond donors (Lipinski definition) is 4. The van der Waals surface area contributed by atoms with Crippen molar-refractivity contribution in [1.29, 1.82) is 0 Å². The number of aliphatic hydroxyl groups is 1. The second-order valence-electron chi connectivity index (χ2n) is 6.03. The number of carboxylic acids is 1. The van der Waals surface area contributed by atoms with E-state index < -0.39 is 24.1 Å². The van der Waals surface area contributed by atoms with Gasteiger partial charge in [-0.15, -0.1) is 0 Å². The molecule has 0 aliphatic carbocycles. The molecule has 0 spiro atoms.